The average molecular weight is 261 g/mol. The first-order valence-corrected chi connectivity index (χ1v) is 5.95. The zero-order valence-corrected chi connectivity index (χ0v) is 11.0. The van der Waals surface area contributed by atoms with E-state index in [0.717, 1.165) is 11.1 Å². The van der Waals surface area contributed by atoms with Crippen molar-refractivity contribution >= 4 is 23.3 Å². The second kappa shape index (κ2) is 5.19. The molecule has 3 nitrogen and oxygen atoms in total. The van der Waals surface area contributed by atoms with Crippen LogP contribution in [0.2, 0.25) is 5.15 Å². The third-order valence-electron chi connectivity index (χ3n) is 2.59. The number of aromatic nitrogens is 1. The van der Waals surface area contributed by atoms with E-state index >= 15 is 0 Å². The van der Waals surface area contributed by atoms with Crippen LogP contribution in [0.3, 0.4) is 0 Å². The van der Waals surface area contributed by atoms with Crippen LogP contribution in [0.4, 0.5) is 5.82 Å². The van der Waals surface area contributed by atoms with E-state index in [9.17, 15) is 4.79 Å². The predicted octanol–water partition coefficient (Wildman–Crippen LogP) is 3.60. The van der Waals surface area contributed by atoms with Gasteiger partial charge in [0.25, 0.3) is 5.91 Å². The first-order valence-electron chi connectivity index (χ1n) is 5.57. The summed E-state index contributed by atoms with van der Waals surface area (Å²) in [5.74, 6) is 0.277. The monoisotopic (exact) mass is 260 g/mol. The number of halogens is 1. The number of pyridine rings is 1. The van der Waals surface area contributed by atoms with Gasteiger partial charge in [-0.1, -0.05) is 35.4 Å². The minimum Gasteiger partial charge on any atom is -0.307 e. The van der Waals surface area contributed by atoms with E-state index in [-0.39, 0.29) is 5.91 Å². The molecule has 92 valence electrons. The van der Waals surface area contributed by atoms with Gasteiger partial charge < -0.3 is 5.32 Å². The molecular weight excluding hydrogens is 248 g/mol. The molecule has 0 radical (unpaired) electrons. The Bertz CT molecular complexity index is 596. The van der Waals surface area contributed by atoms with Crippen LogP contribution in [-0.2, 0) is 0 Å². The molecule has 0 saturated heterocycles. The average Bonchev–Trinajstić information content (AvgIpc) is 2.32. The highest BCUT2D eigenvalue weighted by molar-refractivity contribution is 6.29. The number of aryl methyl sites for hydroxylation is 2. The Labute approximate surface area is 111 Å². The molecule has 0 aliphatic carbocycles. The summed E-state index contributed by atoms with van der Waals surface area (Å²) < 4.78 is 0. The van der Waals surface area contributed by atoms with Crippen molar-refractivity contribution in [1.82, 2.24) is 4.98 Å². The fourth-order valence-corrected chi connectivity index (χ4v) is 1.81. The van der Waals surface area contributed by atoms with E-state index < -0.39 is 0 Å². The van der Waals surface area contributed by atoms with E-state index in [4.69, 9.17) is 11.6 Å². The maximum absolute atomic E-state index is 12.1. The van der Waals surface area contributed by atoms with Crippen LogP contribution in [0, 0.1) is 13.8 Å². The number of amides is 1. The van der Waals surface area contributed by atoms with Crippen LogP contribution in [0.1, 0.15) is 21.5 Å². The van der Waals surface area contributed by atoms with Crippen LogP contribution in [0.5, 0.6) is 0 Å². The van der Waals surface area contributed by atoms with Gasteiger partial charge in [-0.2, -0.15) is 0 Å². The van der Waals surface area contributed by atoms with Crippen molar-refractivity contribution in [2.45, 2.75) is 13.8 Å². The van der Waals surface area contributed by atoms with Crippen LogP contribution in [0.15, 0.2) is 36.4 Å². The van der Waals surface area contributed by atoms with Crippen LogP contribution >= 0.6 is 11.6 Å². The van der Waals surface area contributed by atoms with Gasteiger partial charge in [-0.3, -0.25) is 4.79 Å². The first kappa shape index (κ1) is 12.6. The number of carbonyl (C=O) groups is 1. The van der Waals surface area contributed by atoms with Gasteiger partial charge in [0.2, 0.25) is 0 Å². The van der Waals surface area contributed by atoms with Crippen LogP contribution in [0.25, 0.3) is 0 Å². The van der Waals surface area contributed by atoms with Crippen LogP contribution in [-0.4, -0.2) is 10.9 Å². The van der Waals surface area contributed by atoms with Gasteiger partial charge >= 0.3 is 0 Å². The summed E-state index contributed by atoms with van der Waals surface area (Å²) >= 11 is 5.77. The summed E-state index contributed by atoms with van der Waals surface area (Å²) in [5, 5.41) is 3.09. The molecule has 1 aromatic heterocycles. The van der Waals surface area contributed by atoms with Crippen molar-refractivity contribution in [3.05, 3.63) is 58.2 Å². The Balaban J connectivity index is 2.24. The molecule has 0 atom stereocenters. The molecular formula is C14H13ClN2O. The third-order valence-corrected chi connectivity index (χ3v) is 2.80. The van der Waals surface area contributed by atoms with Crippen molar-refractivity contribution in [3.8, 4) is 0 Å². The van der Waals surface area contributed by atoms with Crippen molar-refractivity contribution < 1.29 is 4.79 Å². The normalized spacial score (nSPS) is 10.2. The van der Waals surface area contributed by atoms with E-state index in [1.807, 2.05) is 32.0 Å². The van der Waals surface area contributed by atoms with Crippen molar-refractivity contribution in [2.24, 2.45) is 0 Å². The molecule has 1 amide bonds. The summed E-state index contributed by atoms with van der Waals surface area (Å²) in [4.78, 5) is 16.1. The number of hydrogen-bond donors (Lipinski definition) is 1. The minimum atomic E-state index is -0.175. The Morgan fingerprint density at radius 2 is 2.00 bits per heavy atom. The molecule has 1 heterocycles. The Morgan fingerprint density at radius 3 is 2.72 bits per heavy atom. The van der Waals surface area contributed by atoms with E-state index in [0.29, 0.717) is 16.5 Å². The van der Waals surface area contributed by atoms with Gasteiger partial charge in [-0.15, -0.1) is 0 Å². The van der Waals surface area contributed by atoms with Gasteiger partial charge in [0.1, 0.15) is 11.0 Å². The molecule has 1 N–H and O–H groups in total. The molecule has 1 aromatic carbocycles. The third kappa shape index (κ3) is 2.87. The highest BCUT2D eigenvalue weighted by Gasteiger charge is 2.10. The molecule has 0 bridgehead atoms. The minimum absolute atomic E-state index is 0.175. The lowest BCUT2D eigenvalue weighted by atomic mass is 10.1. The fourth-order valence-electron chi connectivity index (χ4n) is 1.64. The van der Waals surface area contributed by atoms with Gasteiger partial charge in [-0.25, -0.2) is 4.98 Å². The van der Waals surface area contributed by atoms with E-state index in [1.165, 1.54) is 0 Å². The smallest absolute Gasteiger partial charge is 0.257 e. The topological polar surface area (TPSA) is 42.0 Å². The van der Waals surface area contributed by atoms with Crippen LogP contribution < -0.4 is 5.32 Å². The lowest BCUT2D eigenvalue weighted by Crippen LogP contribution is -2.14. The van der Waals surface area contributed by atoms with Gasteiger partial charge in [0.05, 0.1) is 0 Å². The Hall–Kier alpha value is -1.87. The SMILES string of the molecule is Cc1ccc(C)c(C(=O)Nc2cccc(Cl)n2)c1. The Morgan fingerprint density at radius 1 is 1.22 bits per heavy atom. The number of carbonyl (C=O) groups excluding carboxylic acids is 1. The second-order valence-electron chi connectivity index (χ2n) is 4.12. The van der Waals surface area contributed by atoms with Crippen molar-refractivity contribution in [2.75, 3.05) is 5.32 Å². The van der Waals surface area contributed by atoms with E-state index in [2.05, 4.69) is 10.3 Å². The molecule has 4 heteroatoms. The summed E-state index contributed by atoms with van der Waals surface area (Å²) in [6, 6.07) is 10.9. The molecule has 0 fully saturated rings. The highest BCUT2D eigenvalue weighted by Crippen LogP contribution is 2.14. The maximum atomic E-state index is 12.1. The van der Waals surface area contributed by atoms with Crippen molar-refractivity contribution in [1.29, 1.82) is 0 Å². The number of rotatable bonds is 2. The van der Waals surface area contributed by atoms with Gasteiger partial charge in [0.15, 0.2) is 0 Å². The number of anilines is 1. The zero-order valence-electron chi connectivity index (χ0n) is 10.2. The van der Waals surface area contributed by atoms with Gasteiger partial charge in [0, 0.05) is 5.56 Å². The van der Waals surface area contributed by atoms with Gasteiger partial charge in [-0.05, 0) is 37.6 Å². The summed E-state index contributed by atoms with van der Waals surface area (Å²) in [6.45, 7) is 3.85. The molecule has 0 aliphatic heterocycles. The van der Waals surface area contributed by atoms with Crippen molar-refractivity contribution in [3.63, 3.8) is 0 Å². The standard InChI is InChI=1S/C14H13ClN2O/c1-9-6-7-10(2)11(8-9)14(18)17-13-5-3-4-12(15)16-13/h3-8H,1-2H3,(H,16,17,18). The molecule has 2 rings (SSSR count). The molecule has 0 saturated carbocycles. The molecule has 0 spiro atoms. The zero-order chi connectivity index (χ0) is 13.1. The highest BCUT2D eigenvalue weighted by atomic mass is 35.5. The summed E-state index contributed by atoms with van der Waals surface area (Å²) in [5.41, 5.74) is 2.63. The maximum Gasteiger partial charge on any atom is 0.257 e. The predicted molar refractivity (Wildman–Crippen MR) is 73.1 cm³/mol. The lowest BCUT2D eigenvalue weighted by molar-refractivity contribution is 0.102. The fraction of sp³-hybridized carbons (Fsp3) is 0.143. The summed E-state index contributed by atoms with van der Waals surface area (Å²) in [7, 11) is 0. The first-order chi connectivity index (χ1) is 8.56. The molecule has 0 unspecified atom stereocenters. The largest absolute Gasteiger partial charge is 0.307 e. The lowest BCUT2D eigenvalue weighted by Gasteiger charge is -2.08. The number of benzene rings is 1. The number of nitrogens with zero attached hydrogens (tertiary/aromatic N) is 1. The quantitative estimate of drug-likeness (QED) is 0.839. The Kier molecular flexibility index (Phi) is 3.63. The number of nitrogens with one attached hydrogen (secondary N) is 1. The molecule has 18 heavy (non-hydrogen) atoms. The summed E-state index contributed by atoms with van der Waals surface area (Å²) in [6.07, 6.45) is 0. The second-order valence-corrected chi connectivity index (χ2v) is 4.51. The molecule has 0 aliphatic rings. The molecule has 2 aromatic rings. The van der Waals surface area contributed by atoms with E-state index in [1.54, 1.807) is 18.2 Å². The number of hydrogen-bond acceptors (Lipinski definition) is 2.